The Morgan fingerprint density at radius 1 is 1.30 bits per heavy atom. The number of ether oxygens (including phenoxy) is 3. The van der Waals surface area contributed by atoms with Gasteiger partial charge < -0.3 is 14.2 Å². The van der Waals surface area contributed by atoms with E-state index >= 15 is 0 Å². The summed E-state index contributed by atoms with van der Waals surface area (Å²) in [5, 5.41) is 0. The highest BCUT2D eigenvalue weighted by molar-refractivity contribution is 6.00. The third-order valence-electron chi connectivity index (χ3n) is 4.90. The molecule has 0 saturated carbocycles. The fraction of sp³-hybridized carbons (Fsp3) is 0.545. The lowest BCUT2D eigenvalue weighted by molar-refractivity contribution is -0.156. The Labute approximate surface area is 162 Å². The van der Waals surface area contributed by atoms with Gasteiger partial charge in [-0.2, -0.15) is 0 Å². The fourth-order valence-corrected chi connectivity index (χ4v) is 2.92. The van der Waals surface area contributed by atoms with Crippen molar-refractivity contribution in [2.45, 2.75) is 59.0 Å². The quantitative estimate of drug-likeness (QED) is 0.173. The first-order chi connectivity index (χ1) is 12.8. The Kier molecular flexibility index (Phi) is 9.06. The summed E-state index contributed by atoms with van der Waals surface area (Å²) in [6.45, 7) is 13.3. The highest BCUT2D eigenvalue weighted by Crippen LogP contribution is 2.42. The molecule has 150 valence electrons. The maximum atomic E-state index is 12.8. The van der Waals surface area contributed by atoms with Crippen molar-refractivity contribution < 1.29 is 23.8 Å². The Hall–Kier alpha value is -2.30. The Morgan fingerprint density at radius 3 is 2.59 bits per heavy atom. The molecular formula is C22H32O5. The van der Waals surface area contributed by atoms with Crippen LogP contribution in [0, 0.1) is 5.41 Å². The molecule has 1 heterocycles. The number of hydrogen-bond donors (Lipinski definition) is 0. The molecule has 5 heteroatoms. The van der Waals surface area contributed by atoms with Gasteiger partial charge in [0.1, 0.15) is 23.9 Å². The van der Waals surface area contributed by atoms with Gasteiger partial charge in [0.25, 0.3) is 0 Å². The van der Waals surface area contributed by atoms with Crippen LogP contribution in [0.1, 0.15) is 52.9 Å². The minimum Gasteiger partial charge on any atom is -0.497 e. The van der Waals surface area contributed by atoms with Gasteiger partial charge in [-0.15, -0.1) is 0 Å². The van der Waals surface area contributed by atoms with Crippen molar-refractivity contribution in [1.29, 1.82) is 0 Å². The van der Waals surface area contributed by atoms with Crippen molar-refractivity contribution in [3.63, 3.8) is 0 Å². The van der Waals surface area contributed by atoms with Crippen molar-refractivity contribution in [3.05, 3.63) is 48.3 Å². The van der Waals surface area contributed by atoms with Crippen LogP contribution in [0.3, 0.4) is 0 Å². The predicted octanol–water partition coefficient (Wildman–Crippen LogP) is 4.65. The van der Waals surface area contributed by atoms with E-state index in [1.165, 1.54) is 0 Å². The van der Waals surface area contributed by atoms with Gasteiger partial charge >= 0.3 is 11.9 Å². The van der Waals surface area contributed by atoms with Gasteiger partial charge in [-0.1, -0.05) is 45.4 Å². The van der Waals surface area contributed by atoms with Crippen LogP contribution in [0.5, 0.6) is 0 Å². The summed E-state index contributed by atoms with van der Waals surface area (Å²) in [5.74, 6) is -0.345. The number of cyclic esters (lactones) is 1. The van der Waals surface area contributed by atoms with E-state index in [0.29, 0.717) is 17.8 Å². The second kappa shape index (κ2) is 10.8. The number of methoxy groups -OCH3 is 1. The normalized spacial score (nSPS) is 22.8. The average Bonchev–Trinajstić information content (AvgIpc) is 2.88. The smallest absolute Gasteiger partial charge is 0.335 e. The number of allylic oxidation sites excluding steroid dienone is 2. The summed E-state index contributed by atoms with van der Waals surface area (Å²) in [6.07, 6.45) is 9.53. The first-order valence-electron chi connectivity index (χ1n) is 9.44. The van der Waals surface area contributed by atoms with E-state index in [4.69, 9.17) is 14.2 Å². The molecule has 0 aliphatic carbocycles. The molecule has 2 atom stereocenters. The molecule has 1 rings (SSSR count). The molecule has 0 spiro atoms. The van der Waals surface area contributed by atoms with Gasteiger partial charge in [0, 0.05) is 0 Å². The lowest BCUT2D eigenvalue weighted by atomic mass is 9.78. The first-order valence-corrected chi connectivity index (χ1v) is 9.44. The van der Waals surface area contributed by atoms with Crippen LogP contribution in [0.4, 0.5) is 0 Å². The summed E-state index contributed by atoms with van der Waals surface area (Å²) < 4.78 is 16.0. The van der Waals surface area contributed by atoms with Gasteiger partial charge in [-0.05, 0) is 44.4 Å². The van der Waals surface area contributed by atoms with Gasteiger partial charge in [0.2, 0.25) is 0 Å². The van der Waals surface area contributed by atoms with E-state index in [9.17, 15) is 9.59 Å². The molecular weight excluding hydrogens is 344 g/mol. The minimum atomic E-state index is -1.16. The number of rotatable bonds is 11. The fourth-order valence-electron chi connectivity index (χ4n) is 2.92. The second-order valence-electron chi connectivity index (χ2n) is 6.89. The third kappa shape index (κ3) is 5.84. The molecule has 1 unspecified atom stereocenters. The van der Waals surface area contributed by atoms with Gasteiger partial charge in [-0.25, -0.2) is 4.79 Å². The van der Waals surface area contributed by atoms with Crippen LogP contribution in [-0.4, -0.2) is 31.8 Å². The standard InChI is InChI=1S/C22H32O5/c1-7-9-10-11-12-19-22(5,17(4)20(23)27-19)21(24)26-15-16(3)13-14-18(8-2)25-6/h8,13-14,19H,3-4,7,9-12,15H2,1-2,5-6H3/b14-13-,18-8+/t19?,22-/m0/s1. The van der Waals surface area contributed by atoms with E-state index in [1.807, 2.05) is 13.0 Å². The Morgan fingerprint density at radius 2 is 2.00 bits per heavy atom. The van der Waals surface area contributed by atoms with E-state index in [2.05, 4.69) is 20.1 Å². The molecule has 0 aromatic rings. The molecule has 0 N–H and O–H groups in total. The van der Waals surface area contributed by atoms with Gasteiger partial charge in [0.05, 0.1) is 12.7 Å². The summed E-state index contributed by atoms with van der Waals surface area (Å²) in [7, 11) is 1.58. The molecule has 0 aromatic carbocycles. The highest BCUT2D eigenvalue weighted by Gasteiger charge is 2.55. The molecule has 0 bridgehead atoms. The SMILES string of the molecule is C=C(/C=C\C(=C/C)OC)COC(=O)[C@@]1(C)C(=C)C(=O)OC1CCCCCC. The molecule has 1 aliphatic heterocycles. The zero-order valence-corrected chi connectivity index (χ0v) is 17.0. The molecule has 27 heavy (non-hydrogen) atoms. The van der Waals surface area contributed by atoms with Crippen LogP contribution in [0.2, 0.25) is 0 Å². The van der Waals surface area contributed by atoms with E-state index in [-0.39, 0.29) is 12.2 Å². The number of carbonyl (C=O) groups is 2. The Balaban J connectivity index is 2.72. The van der Waals surface area contributed by atoms with E-state index < -0.39 is 23.5 Å². The summed E-state index contributed by atoms with van der Waals surface area (Å²) in [5.41, 5.74) is -0.391. The molecule has 0 amide bonds. The molecule has 0 aromatic heterocycles. The molecule has 1 saturated heterocycles. The lowest BCUT2D eigenvalue weighted by Gasteiger charge is -2.27. The monoisotopic (exact) mass is 376 g/mol. The molecule has 1 aliphatic rings. The summed E-state index contributed by atoms with van der Waals surface area (Å²) >= 11 is 0. The zero-order valence-electron chi connectivity index (χ0n) is 17.0. The molecule has 1 fully saturated rings. The number of hydrogen-bond acceptors (Lipinski definition) is 5. The summed E-state index contributed by atoms with van der Waals surface area (Å²) in [4.78, 5) is 24.8. The van der Waals surface area contributed by atoms with E-state index in [1.54, 1.807) is 26.2 Å². The van der Waals surface area contributed by atoms with Crippen LogP contribution in [-0.2, 0) is 23.8 Å². The zero-order chi connectivity index (χ0) is 20.4. The largest absolute Gasteiger partial charge is 0.497 e. The van der Waals surface area contributed by atoms with Crippen LogP contribution < -0.4 is 0 Å². The van der Waals surface area contributed by atoms with Crippen LogP contribution >= 0.6 is 0 Å². The van der Waals surface area contributed by atoms with Crippen molar-refractivity contribution in [2.75, 3.05) is 13.7 Å². The van der Waals surface area contributed by atoms with Crippen molar-refractivity contribution in [3.8, 4) is 0 Å². The van der Waals surface area contributed by atoms with Crippen LogP contribution in [0.25, 0.3) is 0 Å². The van der Waals surface area contributed by atoms with Gasteiger partial charge in [-0.3, -0.25) is 4.79 Å². The average molecular weight is 376 g/mol. The third-order valence-corrected chi connectivity index (χ3v) is 4.90. The number of unbranched alkanes of at least 4 members (excludes halogenated alkanes) is 3. The van der Waals surface area contributed by atoms with Crippen LogP contribution in [0.15, 0.2) is 48.3 Å². The van der Waals surface area contributed by atoms with Gasteiger partial charge in [0.15, 0.2) is 0 Å². The Bertz CT molecular complexity index is 629. The van der Waals surface area contributed by atoms with E-state index in [0.717, 1.165) is 25.7 Å². The minimum absolute atomic E-state index is 0.0235. The number of esters is 2. The maximum absolute atomic E-state index is 12.8. The number of carbonyl (C=O) groups excluding carboxylic acids is 2. The second-order valence-corrected chi connectivity index (χ2v) is 6.89. The maximum Gasteiger partial charge on any atom is 0.335 e. The topological polar surface area (TPSA) is 61.8 Å². The lowest BCUT2D eigenvalue weighted by Crippen LogP contribution is -2.39. The molecule has 5 nitrogen and oxygen atoms in total. The highest BCUT2D eigenvalue weighted by atomic mass is 16.6. The summed E-state index contributed by atoms with van der Waals surface area (Å²) in [6, 6.07) is 0. The predicted molar refractivity (Wildman–Crippen MR) is 106 cm³/mol. The van der Waals surface area contributed by atoms with Crippen molar-refractivity contribution in [1.82, 2.24) is 0 Å². The first kappa shape index (κ1) is 22.7. The van der Waals surface area contributed by atoms with Crippen molar-refractivity contribution in [2.24, 2.45) is 5.41 Å². The molecule has 0 radical (unpaired) electrons. The van der Waals surface area contributed by atoms with Crippen molar-refractivity contribution >= 4 is 11.9 Å².